The molecule has 0 bridgehead atoms. The third kappa shape index (κ3) is 3.12. The highest BCUT2D eigenvalue weighted by atomic mass is 19.1. The second kappa shape index (κ2) is 5.55. The fourth-order valence-corrected chi connectivity index (χ4v) is 1.74. The Morgan fingerprint density at radius 1 is 1.53 bits per heavy atom. The van der Waals surface area contributed by atoms with Crippen molar-refractivity contribution in [1.82, 2.24) is 10.2 Å². The molecule has 19 heavy (non-hydrogen) atoms. The summed E-state index contributed by atoms with van der Waals surface area (Å²) in [4.78, 5) is 23.4. The third-order valence-electron chi connectivity index (χ3n) is 2.74. The van der Waals surface area contributed by atoms with Crippen molar-refractivity contribution >= 4 is 12.0 Å². The van der Waals surface area contributed by atoms with Gasteiger partial charge < -0.3 is 20.1 Å². The predicted octanol–water partition coefficient (Wildman–Crippen LogP) is 0.928. The molecule has 7 heteroatoms. The predicted molar refractivity (Wildman–Crippen MR) is 63.8 cm³/mol. The summed E-state index contributed by atoms with van der Waals surface area (Å²) in [7, 11) is 0. The van der Waals surface area contributed by atoms with Crippen molar-refractivity contribution in [2.75, 3.05) is 26.2 Å². The van der Waals surface area contributed by atoms with Gasteiger partial charge in [0.1, 0.15) is 6.61 Å². The maximum absolute atomic E-state index is 13.5. The lowest BCUT2D eigenvalue weighted by molar-refractivity contribution is 0.0696. The van der Waals surface area contributed by atoms with Crippen LogP contribution in [0.5, 0.6) is 5.75 Å². The van der Waals surface area contributed by atoms with Gasteiger partial charge in [0.15, 0.2) is 11.6 Å². The van der Waals surface area contributed by atoms with Crippen LogP contribution in [0.25, 0.3) is 0 Å². The highest BCUT2D eigenvalue weighted by molar-refractivity contribution is 5.87. The van der Waals surface area contributed by atoms with Gasteiger partial charge in [0, 0.05) is 13.1 Å². The minimum atomic E-state index is -1.20. The fourth-order valence-electron chi connectivity index (χ4n) is 1.74. The zero-order valence-electron chi connectivity index (χ0n) is 10.1. The zero-order valence-corrected chi connectivity index (χ0v) is 10.1. The molecule has 2 rings (SSSR count). The largest absolute Gasteiger partial charge is 0.489 e. The van der Waals surface area contributed by atoms with Crippen LogP contribution in [-0.2, 0) is 0 Å². The minimum Gasteiger partial charge on any atom is -0.489 e. The smallest absolute Gasteiger partial charge is 0.335 e. The molecule has 1 aromatic rings. The summed E-state index contributed by atoms with van der Waals surface area (Å²) in [5.74, 6) is -1.95. The van der Waals surface area contributed by atoms with Crippen molar-refractivity contribution in [2.45, 2.75) is 0 Å². The molecule has 1 aliphatic rings. The topological polar surface area (TPSA) is 78.9 Å². The van der Waals surface area contributed by atoms with E-state index in [1.54, 1.807) is 4.90 Å². The number of carbonyl (C=O) groups excluding carboxylic acids is 1. The van der Waals surface area contributed by atoms with Crippen molar-refractivity contribution in [3.63, 3.8) is 0 Å². The Morgan fingerprint density at radius 3 is 2.89 bits per heavy atom. The summed E-state index contributed by atoms with van der Waals surface area (Å²) in [5, 5.41) is 11.3. The second-order valence-electron chi connectivity index (χ2n) is 4.02. The summed E-state index contributed by atoms with van der Waals surface area (Å²) >= 11 is 0. The Morgan fingerprint density at radius 2 is 2.32 bits per heavy atom. The fraction of sp³-hybridized carbons (Fsp3) is 0.333. The summed E-state index contributed by atoms with van der Waals surface area (Å²) in [6, 6.07) is 3.28. The van der Waals surface area contributed by atoms with E-state index in [9.17, 15) is 14.0 Å². The van der Waals surface area contributed by atoms with E-state index in [4.69, 9.17) is 9.84 Å². The Labute approximate surface area is 108 Å². The normalized spacial score (nSPS) is 14.4. The van der Waals surface area contributed by atoms with E-state index in [0.717, 1.165) is 6.07 Å². The number of carboxylic acids is 1. The maximum Gasteiger partial charge on any atom is 0.335 e. The number of urea groups is 1. The molecule has 1 aromatic carbocycles. The van der Waals surface area contributed by atoms with Gasteiger partial charge in [-0.2, -0.15) is 0 Å². The number of benzene rings is 1. The Kier molecular flexibility index (Phi) is 3.84. The van der Waals surface area contributed by atoms with Gasteiger partial charge in [-0.05, 0) is 18.2 Å². The first kappa shape index (κ1) is 13.1. The van der Waals surface area contributed by atoms with Crippen LogP contribution < -0.4 is 10.1 Å². The third-order valence-corrected chi connectivity index (χ3v) is 2.74. The number of nitrogens with one attached hydrogen (secondary N) is 1. The Bertz CT molecular complexity index is 507. The molecule has 0 radical (unpaired) electrons. The molecule has 0 spiro atoms. The molecule has 0 saturated carbocycles. The number of amides is 2. The van der Waals surface area contributed by atoms with Crippen LogP contribution in [0, 0.1) is 5.82 Å². The quantitative estimate of drug-likeness (QED) is 0.832. The van der Waals surface area contributed by atoms with Crippen LogP contribution in [0.15, 0.2) is 18.2 Å². The molecule has 1 fully saturated rings. The van der Waals surface area contributed by atoms with Gasteiger partial charge in [0.2, 0.25) is 0 Å². The summed E-state index contributed by atoms with van der Waals surface area (Å²) < 4.78 is 18.7. The minimum absolute atomic E-state index is 0.0235. The van der Waals surface area contributed by atoms with Crippen LogP contribution in [0.2, 0.25) is 0 Å². The van der Waals surface area contributed by atoms with E-state index in [-0.39, 0.29) is 24.0 Å². The first-order chi connectivity index (χ1) is 9.08. The number of hydrogen-bond acceptors (Lipinski definition) is 3. The van der Waals surface area contributed by atoms with Gasteiger partial charge in [-0.25, -0.2) is 14.0 Å². The van der Waals surface area contributed by atoms with E-state index < -0.39 is 11.8 Å². The molecular weight excluding hydrogens is 255 g/mol. The van der Waals surface area contributed by atoms with E-state index in [1.807, 2.05) is 0 Å². The van der Waals surface area contributed by atoms with Crippen LogP contribution in [-0.4, -0.2) is 48.2 Å². The van der Waals surface area contributed by atoms with Crippen molar-refractivity contribution in [3.8, 4) is 5.75 Å². The van der Waals surface area contributed by atoms with Crippen LogP contribution in [0.1, 0.15) is 10.4 Å². The number of carbonyl (C=O) groups is 2. The van der Waals surface area contributed by atoms with Gasteiger partial charge in [-0.15, -0.1) is 0 Å². The van der Waals surface area contributed by atoms with Gasteiger partial charge in [0.25, 0.3) is 0 Å². The number of carboxylic acid groups (broad SMARTS) is 1. The molecule has 0 unspecified atom stereocenters. The van der Waals surface area contributed by atoms with Gasteiger partial charge >= 0.3 is 12.0 Å². The molecule has 1 aliphatic heterocycles. The second-order valence-corrected chi connectivity index (χ2v) is 4.02. The van der Waals surface area contributed by atoms with Crippen LogP contribution in [0.4, 0.5) is 9.18 Å². The molecule has 0 atom stereocenters. The first-order valence-corrected chi connectivity index (χ1v) is 5.76. The van der Waals surface area contributed by atoms with Gasteiger partial charge in [-0.1, -0.05) is 0 Å². The monoisotopic (exact) mass is 268 g/mol. The molecule has 102 valence electrons. The summed E-state index contributed by atoms with van der Waals surface area (Å²) in [5.41, 5.74) is -0.135. The van der Waals surface area contributed by atoms with Crippen LogP contribution >= 0.6 is 0 Å². The molecule has 2 N–H and O–H groups in total. The summed E-state index contributed by atoms with van der Waals surface area (Å²) in [6.45, 7) is 1.70. The van der Waals surface area contributed by atoms with Crippen LogP contribution in [0.3, 0.4) is 0 Å². The SMILES string of the molecule is O=C(O)c1ccc(OCCN2CCNC2=O)c(F)c1. The zero-order chi connectivity index (χ0) is 13.8. The average Bonchev–Trinajstić information content (AvgIpc) is 2.77. The average molecular weight is 268 g/mol. The lowest BCUT2D eigenvalue weighted by atomic mass is 10.2. The standard InChI is InChI=1S/C12H13FN2O4/c13-9-7-8(11(16)17)1-2-10(9)19-6-5-15-4-3-14-12(15)18/h1-2,7H,3-6H2,(H,14,18)(H,16,17). The van der Waals surface area contributed by atoms with E-state index >= 15 is 0 Å². The number of nitrogens with zero attached hydrogens (tertiary/aromatic N) is 1. The van der Waals surface area contributed by atoms with Gasteiger partial charge in [0.05, 0.1) is 12.1 Å². The highest BCUT2D eigenvalue weighted by Crippen LogP contribution is 2.18. The lowest BCUT2D eigenvalue weighted by Crippen LogP contribution is -2.31. The number of hydrogen-bond donors (Lipinski definition) is 2. The first-order valence-electron chi connectivity index (χ1n) is 5.76. The van der Waals surface area contributed by atoms with E-state index in [2.05, 4.69) is 5.32 Å². The molecule has 2 amide bonds. The van der Waals surface area contributed by atoms with E-state index in [1.165, 1.54) is 12.1 Å². The molecule has 1 saturated heterocycles. The van der Waals surface area contributed by atoms with E-state index in [0.29, 0.717) is 19.6 Å². The van der Waals surface area contributed by atoms with Crippen molar-refractivity contribution in [2.24, 2.45) is 0 Å². The number of rotatable bonds is 5. The number of ether oxygens (including phenoxy) is 1. The lowest BCUT2D eigenvalue weighted by Gasteiger charge is -2.14. The molecule has 0 aromatic heterocycles. The molecular formula is C12H13FN2O4. The maximum atomic E-state index is 13.5. The van der Waals surface area contributed by atoms with Gasteiger partial charge in [-0.3, -0.25) is 0 Å². The number of aromatic carboxylic acids is 1. The Balaban J connectivity index is 1.89. The number of halogens is 1. The van der Waals surface area contributed by atoms with Crippen molar-refractivity contribution in [3.05, 3.63) is 29.6 Å². The van der Waals surface area contributed by atoms with Crippen molar-refractivity contribution in [1.29, 1.82) is 0 Å². The Hall–Kier alpha value is -2.31. The molecule has 1 heterocycles. The summed E-state index contributed by atoms with van der Waals surface area (Å²) in [6.07, 6.45) is 0. The highest BCUT2D eigenvalue weighted by Gasteiger charge is 2.19. The van der Waals surface area contributed by atoms with Crippen molar-refractivity contribution < 1.29 is 23.8 Å². The molecule has 0 aliphatic carbocycles. The molecule has 6 nitrogen and oxygen atoms in total.